The first-order valence-corrected chi connectivity index (χ1v) is 6.82. The lowest BCUT2D eigenvalue weighted by molar-refractivity contribution is 0.133. The van der Waals surface area contributed by atoms with E-state index >= 15 is 0 Å². The van der Waals surface area contributed by atoms with Crippen molar-refractivity contribution in [1.29, 1.82) is 0 Å². The molecule has 1 aromatic rings. The number of rotatable bonds is 4. The molecule has 0 aromatic carbocycles. The number of nitrogens with zero attached hydrogens (tertiary/aromatic N) is 2. The Bertz CT molecular complexity index is 380. The van der Waals surface area contributed by atoms with E-state index in [4.69, 9.17) is 5.84 Å². The summed E-state index contributed by atoms with van der Waals surface area (Å²) >= 11 is 0. The van der Waals surface area contributed by atoms with Gasteiger partial charge >= 0.3 is 0 Å². The molecule has 1 saturated carbocycles. The minimum absolute atomic E-state index is 0.709. The summed E-state index contributed by atoms with van der Waals surface area (Å²) in [6.45, 7) is 3.34. The lowest BCUT2D eigenvalue weighted by atomic mass is 9.85. The Morgan fingerprint density at radius 2 is 2.22 bits per heavy atom. The summed E-state index contributed by atoms with van der Waals surface area (Å²) in [5.41, 5.74) is 3.86. The fourth-order valence-electron chi connectivity index (χ4n) is 3.01. The van der Waals surface area contributed by atoms with Gasteiger partial charge in [-0.15, -0.1) is 0 Å². The first-order chi connectivity index (χ1) is 8.70. The number of nitrogens with two attached hydrogens (primary N) is 1. The van der Waals surface area contributed by atoms with Crippen LogP contribution in [-0.2, 0) is 6.54 Å². The Hall–Kier alpha value is -1.13. The van der Waals surface area contributed by atoms with E-state index in [2.05, 4.69) is 35.3 Å². The van der Waals surface area contributed by atoms with Crippen molar-refractivity contribution in [2.75, 3.05) is 12.5 Å². The van der Waals surface area contributed by atoms with Gasteiger partial charge in [0.2, 0.25) is 0 Å². The quantitative estimate of drug-likeness (QED) is 0.634. The third-order valence-corrected chi connectivity index (χ3v) is 4.04. The van der Waals surface area contributed by atoms with Crippen LogP contribution in [0.5, 0.6) is 0 Å². The van der Waals surface area contributed by atoms with Gasteiger partial charge in [0.15, 0.2) is 0 Å². The van der Waals surface area contributed by atoms with E-state index in [-0.39, 0.29) is 0 Å². The third-order valence-electron chi connectivity index (χ3n) is 4.04. The van der Waals surface area contributed by atoms with Crippen molar-refractivity contribution in [3.05, 3.63) is 23.9 Å². The highest BCUT2D eigenvalue weighted by Gasteiger charge is 2.24. The molecule has 2 atom stereocenters. The van der Waals surface area contributed by atoms with Crippen LogP contribution < -0.4 is 11.3 Å². The maximum atomic E-state index is 5.39. The Morgan fingerprint density at radius 3 is 2.94 bits per heavy atom. The van der Waals surface area contributed by atoms with Crippen molar-refractivity contribution in [1.82, 2.24) is 9.88 Å². The van der Waals surface area contributed by atoms with E-state index < -0.39 is 0 Å². The van der Waals surface area contributed by atoms with Gasteiger partial charge in [-0.3, -0.25) is 4.90 Å². The standard InChI is InChI=1S/C14H24N4/c1-11-5-3-4-6-13(11)18(2)10-12-7-8-16-14(9-12)17-15/h7-9,11,13H,3-6,10,15H2,1-2H3,(H,16,17). The molecular formula is C14H24N4. The van der Waals surface area contributed by atoms with Crippen molar-refractivity contribution < 1.29 is 0 Å². The lowest BCUT2D eigenvalue weighted by Crippen LogP contribution is -2.38. The molecule has 18 heavy (non-hydrogen) atoms. The topological polar surface area (TPSA) is 54.2 Å². The van der Waals surface area contributed by atoms with Gasteiger partial charge in [0, 0.05) is 18.8 Å². The normalized spacial score (nSPS) is 24.2. The van der Waals surface area contributed by atoms with E-state index in [9.17, 15) is 0 Å². The number of anilines is 1. The van der Waals surface area contributed by atoms with Gasteiger partial charge in [-0.1, -0.05) is 19.8 Å². The number of aromatic nitrogens is 1. The summed E-state index contributed by atoms with van der Waals surface area (Å²) in [5, 5.41) is 0. The van der Waals surface area contributed by atoms with Gasteiger partial charge < -0.3 is 5.43 Å². The monoisotopic (exact) mass is 248 g/mol. The molecule has 0 aliphatic heterocycles. The minimum atomic E-state index is 0.709. The smallest absolute Gasteiger partial charge is 0.140 e. The number of hydrazine groups is 1. The van der Waals surface area contributed by atoms with Crippen LogP contribution in [0.4, 0.5) is 5.82 Å². The van der Waals surface area contributed by atoms with E-state index in [1.54, 1.807) is 0 Å². The second kappa shape index (κ2) is 6.16. The fourth-order valence-corrected chi connectivity index (χ4v) is 3.01. The van der Waals surface area contributed by atoms with E-state index in [0.717, 1.165) is 18.3 Å². The average molecular weight is 248 g/mol. The van der Waals surface area contributed by atoms with Gasteiger partial charge in [-0.25, -0.2) is 10.8 Å². The van der Waals surface area contributed by atoms with Crippen molar-refractivity contribution >= 4 is 5.82 Å². The Balaban J connectivity index is 1.98. The number of nitrogens with one attached hydrogen (secondary N) is 1. The van der Waals surface area contributed by atoms with Gasteiger partial charge in [0.1, 0.15) is 5.82 Å². The van der Waals surface area contributed by atoms with E-state index in [1.807, 2.05) is 12.3 Å². The number of nitrogen functional groups attached to an aromatic ring is 1. The lowest BCUT2D eigenvalue weighted by Gasteiger charge is -2.36. The van der Waals surface area contributed by atoms with Crippen LogP contribution in [0.2, 0.25) is 0 Å². The van der Waals surface area contributed by atoms with Crippen LogP contribution in [0, 0.1) is 5.92 Å². The summed E-state index contributed by atoms with van der Waals surface area (Å²) < 4.78 is 0. The molecule has 100 valence electrons. The minimum Gasteiger partial charge on any atom is -0.308 e. The molecule has 2 rings (SSSR count). The van der Waals surface area contributed by atoms with Crippen LogP contribution in [-0.4, -0.2) is 23.0 Å². The van der Waals surface area contributed by atoms with Crippen LogP contribution in [0.15, 0.2) is 18.3 Å². The van der Waals surface area contributed by atoms with Gasteiger partial charge in [0.05, 0.1) is 0 Å². The van der Waals surface area contributed by atoms with Crippen molar-refractivity contribution in [2.24, 2.45) is 11.8 Å². The Morgan fingerprint density at radius 1 is 1.44 bits per heavy atom. The van der Waals surface area contributed by atoms with Gasteiger partial charge in [-0.05, 0) is 43.5 Å². The van der Waals surface area contributed by atoms with Crippen LogP contribution in [0.3, 0.4) is 0 Å². The molecule has 1 aliphatic carbocycles. The van der Waals surface area contributed by atoms with E-state index in [0.29, 0.717) is 6.04 Å². The maximum absolute atomic E-state index is 5.39. The molecule has 0 saturated heterocycles. The summed E-state index contributed by atoms with van der Waals surface area (Å²) in [5.74, 6) is 6.93. The molecule has 4 nitrogen and oxygen atoms in total. The molecule has 1 heterocycles. The SMILES string of the molecule is CC1CCCCC1N(C)Cc1ccnc(NN)c1. The predicted octanol–water partition coefficient (Wildman–Crippen LogP) is 2.38. The first kappa shape index (κ1) is 13.3. The number of hydrogen-bond acceptors (Lipinski definition) is 4. The summed E-state index contributed by atoms with van der Waals surface area (Å²) in [6, 6.07) is 4.79. The molecule has 4 heteroatoms. The van der Waals surface area contributed by atoms with Crippen molar-refractivity contribution in [2.45, 2.75) is 45.2 Å². The fraction of sp³-hybridized carbons (Fsp3) is 0.643. The first-order valence-electron chi connectivity index (χ1n) is 6.82. The molecule has 1 aromatic heterocycles. The molecular weight excluding hydrogens is 224 g/mol. The largest absolute Gasteiger partial charge is 0.308 e. The highest BCUT2D eigenvalue weighted by atomic mass is 15.2. The van der Waals surface area contributed by atoms with Crippen LogP contribution in [0.1, 0.15) is 38.2 Å². The molecule has 1 fully saturated rings. The molecule has 0 spiro atoms. The zero-order valence-electron chi connectivity index (χ0n) is 11.4. The zero-order chi connectivity index (χ0) is 13.0. The molecule has 0 amide bonds. The molecule has 1 aliphatic rings. The Kier molecular flexibility index (Phi) is 4.55. The average Bonchev–Trinajstić information content (AvgIpc) is 2.39. The summed E-state index contributed by atoms with van der Waals surface area (Å²) in [4.78, 5) is 6.61. The molecule has 3 N–H and O–H groups in total. The highest BCUT2D eigenvalue weighted by molar-refractivity contribution is 5.35. The van der Waals surface area contributed by atoms with Crippen LogP contribution >= 0.6 is 0 Å². The van der Waals surface area contributed by atoms with Gasteiger partial charge in [0.25, 0.3) is 0 Å². The second-order valence-corrected chi connectivity index (χ2v) is 5.44. The summed E-state index contributed by atoms with van der Waals surface area (Å²) in [7, 11) is 2.22. The van der Waals surface area contributed by atoms with Crippen LogP contribution in [0.25, 0.3) is 0 Å². The van der Waals surface area contributed by atoms with E-state index in [1.165, 1.54) is 31.2 Å². The number of hydrogen-bond donors (Lipinski definition) is 2. The second-order valence-electron chi connectivity index (χ2n) is 5.44. The molecule has 0 radical (unpaired) electrons. The zero-order valence-corrected chi connectivity index (χ0v) is 11.4. The predicted molar refractivity (Wildman–Crippen MR) is 74.9 cm³/mol. The molecule has 0 bridgehead atoms. The van der Waals surface area contributed by atoms with Crippen molar-refractivity contribution in [3.8, 4) is 0 Å². The van der Waals surface area contributed by atoms with Crippen molar-refractivity contribution in [3.63, 3.8) is 0 Å². The Labute approximate surface area is 110 Å². The summed E-state index contributed by atoms with van der Waals surface area (Å²) in [6.07, 6.45) is 7.25. The number of pyridine rings is 1. The highest BCUT2D eigenvalue weighted by Crippen LogP contribution is 2.28. The molecule has 2 unspecified atom stereocenters. The van der Waals surface area contributed by atoms with Gasteiger partial charge in [-0.2, -0.15) is 0 Å². The maximum Gasteiger partial charge on any atom is 0.140 e. The third kappa shape index (κ3) is 3.21.